The van der Waals surface area contributed by atoms with Crippen LogP contribution < -0.4 is 15.4 Å². The first-order valence-electron chi connectivity index (χ1n) is 6.97. The van der Waals surface area contributed by atoms with Gasteiger partial charge in [0.1, 0.15) is 5.75 Å². The van der Waals surface area contributed by atoms with Gasteiger partial charge < -0.3 is 20.5 Å². The fraction of sp³-hybridized carbons (Fsp3) is 0.467. The van der Waals surface area contributed by atoms with Crippen molar-refractivity contribution in [1.82, 2.24) is 5.32 Å². The van der Waals surface area contributed by atoms with Crippen molar-refractivity contribution in [3.05, 3.63) is 22.7 Å². The van der Waals surface area contributed by atoms with Crippen LogP contribution in [0.15, 0.2) is 22.7 Å². The lowest BCUT2D eigenvalue weighted by molar-refractivity contribution is -0.137. The van der Waals surface area contributed by atoms with Crippen LogP contribution in [0.3, 0.4) is 0 Å². The second kappa shape index (κ2) is 8.03. The molecule has 0 heterocycles. The summed E-state index contributed by atoms with van der Waals surface area (Å²) < 4.78 is 6.33. The number of hydrogen-bond donors (Lipinski definition) is 3. The van der Waals surface area contributed by atoms with E-state index >= 15 is 0 Å². The van der Waals surface area contributed by atoms with Crippen LogP contribution in [-0.4, -0.2) is 29.3 Å². The third-order valence-electron chi connectivity index (χ3n) is 2.91. The van der Waals surface area contributed by atoms with Gasteiger partial charge in [-0.15, -0.1) is 0 Å². The van der Waals surface area contributed by atoms with E-state index in [0.717, 1.165) is 4.47 Å². The predicted octanol–water partition coefficient (Wildman–Crippen LogP) is 3.61. The van der Waals surface area contributed by atoms with E-state index in [0.29, 0.717) is 24.5 Å². The molecule has 0 aliphatic heterocycles. The van der Waals surface area contributed by atoms with Gasteiger partial charge in [0.2, 0.25) is 0 Å². The van der Waals surface area contributed by atoms with Crippen molar-refractivity contribution >= 4 is 33.6 Å². The van der Waals surface area contributed by atoms with E-state index in [2.05, 4.69) is 26.6 Å². The second-order valence-electron chi connectivity index (χ2n) is 5.43. The third-order valence-corrected chi connectivity index (χ3v) is 3.40. The normalized spacial score (nSPS) is 10.9. The molecule has 0 unspecified atom stereocenters. The summed E-state index contributed by atoms with van der Waals surface area (Å²) in [5, 5.41) is 14.2. The maximum Gasteiger partial charge on any atom is 0.319 e. The Bertz CT molecular complexity index is 546. The Morgan fingerprint density at radius 1 is 1.36 bits per heavy atom. The molecule has 0 saturated heterocycles. The van der Waals surface area contributed by atoms with Gasteiger partial charge in [-0.05, 0) is 45.4 Å². The summed E-state index contributed by atoms with van der Waals surface area (Å²) in [6.07, 6.45) is 0.337. The van der Waals surface area contributed by atoms with E-state index in [1.807, 2.05) is 6.92 Å². The molecule has 1 aromatic rings. The summed E-state index contributed by atoms with van der Waals surface area (Å²) in [7, 11) is 0. The molecular formula is C15H21BrN2O4. The molecule has 3 N–H and O–H groups in total. The molecule has 0 spiro atoms. The van der Waals surface area contributed by atoms with Crippen molar-refractivity contribution in [3.8, 4) is 5.75 Å². The lowest BCUT2D eigenvalue weighted by atomic mass is 9.99. The number of carbonyl (C=O) groups is 2. The Labute approximate surface area is 138 Å². The van der Waals surface area contributed by atoms with Crippen LogP contribution in [0, 0.1) is 0 Å². The summed E-state index contributed by atoms with van der Waals surface area (Å²) in [6, 6.07) is 4.90. The molecule has 0 fully saturated rings. The van der Waals surface area contributed by atoms with Gasteiger partial charge in [0, 0.05) is 16.4 Å². The van der Waals surface area contributed by atoms with Gasteiger partial charge in [0.15, 0.2) is 0 Å². The van der Waals surface area contributed by atoms with Crippen LogP contribution in [-0.2, 0) is 4.79 Å². The number of anilines is 1. The van der Waals surface area contributed by atoms with Crippen molar-refractivity contribution in [2.75, 3.05) is 11.9 Å². The zero-order valence-electron chi connectivity index (χ0n) is 12.9. The van der Waals surface area contributed by atoms with Gasteiger partial charge in [-0.2, -0.15) is 0 Å². The molecular weight excluding hydrogens is 352 g/mol. The van der Waals surface area contributed by atoms with Crippen LogP contribution in [0.25, 0.3) is 0 Å². The number of urea groups is 1. The molecule has 0 aliphatic rings. The van der Waals surface area contributed by atoms with Crippen LogP contribution in [0.5, 0.6) is 5.75 Å². The highest BCUT2D eigenvalue weighted by atomic mass is 79.9. The van der Waals surface area contributed by atoms with Crippen LogP contribution in [0.1, 0.15) is 33.6 Å². The van der Waals surface area contributed by atoms with E-state index in [9.17, 15) is 9.59 Å². The Morgan fingerprint density at radius 2 is 2.05 bits per heavy atom. The van der Waals surface area contributed by atoms with E-state index < -0.39 is 17.5 Å². The lowest BCUT2D eigenvalue weighted by Crippen LogP contribution is -2.45. The number of carbonyl (C=O) groups excluding carboxylic acids is 1. The molecule has 1 rings (SSSR count). The largest absolute Gasteiger partial charge is 0.492 e. The number of rotatable bonds is 7. The highest BCUT2D eigenvalue weighted by molar-refractivity contribution is 9.10. The number of nitrogens with one attached hydrogen (secondary N) is 2. The molecule has 0 aliphatic carbocycles. The number of carboxylic acid groups (broad SMARTS) is 1. The fourth-order valence-electron chi connectivity index (χ4n) is 1.82. The van der Waals surface area contributed by atoms with Crippen LogP contribution in [0.4, 0.5) is 10.5 Å². The highest BCUT2D eigenvalue weighted by Gasteiger charge is 2.22. The van der Waals surface area contributed by atoms with Gasteiger partial charge in [-0.1, -0.05) is 15.9 Å². The summed E-state index contributed by atoms with van der Waals surface area (Å²) in [5.74, 6) is -0.322. The standard InChI is InChI=1S/C15H21BrN2O4/c1-4-22-12-9-10(16)5-6-11(12)17-14(21)18-15(2,3)8-7-13(19)20/h5-6,9H,4,7-8H2,1-3H3,(H,19,20)(H2,17,18,21). The zero-order valence-corrected chi connectivity index (χ0v) is 14.5. The number of ether oxygens (including phenoxy) is 1. The number of hydrogen-bond acceptors (Lipinski definition) is 3. The monoisotopic (exact) mass is 372 g/mol. The molecule has 122 valence electrons. The second-order valence-corrected chi connectivity index (χ2v) is 6.35. The molecule has 0 aromatic heterocycles. The fourth-order valence-corrected chi connectivity index (χ4v) is 2.16. The first-order chi connectivity index (χ1) is 10.2. The van der Waals surface area contributed by atoms with E-state index in [4.69, 9.17) is 9.84 Å². The first-order valence-corrected chi connectivity index (χ1v) is 7.76. The average Bonchev–Trinajstić information content (AvgIpc) is 2.39. The number of benzene rings is 1. The van der Waals surface area contributed by atoms with Crippen molar-refractivity contribution in [2.45, 2.75) is 39.2 Å². The number of aliphatic carboxylic acids is 1. The first kappa shape index (κ1) is 18.3. The minimum Gasteiger partial charge on any atom is -0.492 e. The van der Waals surface area contributed by atoms with Crippen LogP contribution >= 0.6 is 15.9 Å². The Balaban J connectivity index is 2.70. The molecule has 1 aromatic carbocycles. The van der Waals surface area contributed by atoms with Gasteiger partial charge in [-0.25, -0.2) is 4.79 Å². The molecule has 0 radical (unpaired) electrons. The number of halogens is 1. The summed E-state index contributed by atoms with van der Waals surface area (Å²) >= 11 is 3.35. The third kappa shape index (κ3) is 6.34. The minimum atomic E-state index is -0.887. The molecule has 7 heteroatoms. The Morgan fingerprint density at radius 3 is 2.64 bits per heavy atom. The van der Waals surface area contributed by atoms with Gasteiger partial charge in [0.05, 0.1) is 12.3 Å². The summed E-state index contributed by atoms with van der Waals surface area (Å²) in [5.41, 5.74) is -0.0690. The predicted molar refractivity (Wildman–Crippen MR) is 88.4 cm³/mol. The van der Waals surface area contributed by atoms with E-state index in [-0.39, 0.29) is 6.42 Å². The number of carboxylic acids is 1. The van der Waals surface area contributed by atoms with Crippen molar-refractivity contribution in [2.24, 2.45) is 0 Å². The maximum atomic E-state index is 12.1. The summed E-state index contributed by atoms with van der Waals surface area (Å²) in [4.78, 5) is 22.7. The zero-order chi connectivity index (χ0) is 16.8. The van der Waals surface area contributed by atoms with Gasteiger partial charge in [0.25, 0.3) is 0 Å². The molecule has 0 saturated carbocycles. The molecule has 0 bridgehead atoms. The topological polar surface area (TPSA) is 87.7 Å². The summed E-state index contributed by atoms with van der Waals surface area (Å²) in [6.45, 7) is 5.90. The molecule has 6 nitrogen and oxygen atoms in total. The van der Waals surface area contributed by atoms with Crippen molar-refractivity contribution in [3.63, 3.8) is 0 Å². The SMILES string of the molecule is CCOc1cc(Br)ccc1NC(=O)NC(C)(C)CCC(=O)O. The van der Waals surface area contributed by atoms with Crippen molar-refractivity contribution < 1.29 is 19.4 Å². The Hall–Kier alpha value is -1.76. The van der Waals surface area contributed by atoms with Crippen molar-refractivity contribution in [1.29, 1.82) is 0 Å². The van der Waals surface area contributed by atoms with Crippen LogP contribution in [0.2, 0.25) is 0 Å². The molecule has 2 amide bonds. The lowest BCUT2D eigenvalue weighted by Gasteiger charge is -2.26. The Kier molecular flexibility index (Phi) is 6.67. The highest BCUT2D eigenvalue weighted by Crippen LogP contribution is 2.28. The van der Waals surface area contributed by atoms with Gasteiger partial charge in [-0.3, -0.25) is 4.79 Å². The molecule has 0 atom stereocenters. The van der Waals surface area contributed by atoms with Gasteiger partial charge >= 0.3 is 12.0 Å². The van der Waals surface area contributed by atoms with E-state index in [1.165, 1.54) is 0 Å². The minimum absolute atomic E-state index is 0.00421. The quantitative estimate of drug-likeness (QED) is 0.681. The average molecular weight is 373 g/mol. The smallest absolute Gasteiger partial charge is 0.319 e. The number of amides is 2. The van der Waals surface area contributed by atoms with E-state index in [1.54, 1.807) is 32.0 Å². The maximum absolute atomic E-state index is 12.1. The molecule has 22 heavy (non-hydrogen) atoms.